The summed E-state index contributed by atoms with van der Waals surface area (Å²) in [6, 6.07) is 5.61. The highest BCUT2D eigenvalue weighted by molar-refractivity contribution is 6.18. The van der Waals surface area contributed by atoms with E-state index >= 15 is 0 Å². The van der Waals surface area contributed by atoms with E-state index in [2.05, 4.69) is 0 Å². The van der Waals surface area contributed by atoms with Gasteiger partial charge in [0.15, 0.2) is 0 Å². The third kappa shape index (κ3) is 3.43. The first kappa shape index (κ1) is 14.4. The summed E-state index contributed by atoms with van der Waals surface area (Å²) >= 11 is 5.66. The number of non-ortho nitro benzene ring substituents is 1. The highest BCUT2D eigenvalue weighted by Gasteiger charge is 2.18. The molecule has 0 saturated heterocycles. The summed E-state index contributed by atoms with van der Waals surface area (Å²) in [4.78, 5) is 23.8. The number of halogens is 1. The second-order valence-electron chi connectivity index (χ2n) is 4.09. The molecule has 0 fully saturated rings. The van der Waals surface area contributed by atoms with Gasteiger partial charge in [0.25, 0.3) is 11.6 Å². The van der Waals surface area contributed by atoms with E-state index in [9.17, 15) is 14.9 Å². The van der Waals surface area contributed by atoms with Crippen LogP contribution in [0.4, 0.5) is 5.69 Å². The van der Waals surface area contributed by atoms with E-state index in [0.717, 1.165) is 0 Å². The van der Waals surface area contributed by atoms with Gasteiger partial charge in [0.2, 0.25) is 0 Å². The maximum atomic E-state index is 12.2. The molecule has 0 heterocycles. The van der Waals surface area contributed by atoms with E-state index in [4.69, 9.17) is 11.6 Å². The van der Waals surface area contributed by atoms with Gasteiger partial charge < -0.3 is 4.90 Å². The second kappa shape index (κ2) is 6.35. The SMILES string of the molecule is CC(C)N(CCCl)C(=O)c1ccc([N+](=O)[O-])cc1. The highest BCUT2D eigenvalue weighted by Crippen LogP contribution is 2.14. The largest absolute Gasteiger partial charge is 0.335 e. The van der Waals surface area contributed by atoms with Crippen LogP contribution in [0.5, 0.6) is 0 Å². The molecule has 1 aromatic carbocycles. The van der Waals surface area contributed by atoms with Crippen LogP contribution in [0, 0.1) is 10.1 Å². The summed E-state index contributed by atoms with van der Waals surface area (Å²) in [5.74, 6) is 0.192. The van der Waals surface area contributed by atoms with Gasteiger partial charge in [-0.2, -0.15) is 0 Å². The first-order valence-electron chi connectivity index (χ1n) is 5.58. The minimum atomic E-state index is -0.493. The number of nitrogens with zero attached hydrogens (tertiary/aromatic N) is 2. The van der Waals surface area contributed by atoms with Crippen molar-refractivity contribution in [3.63, 3.8) is 0 Å². The highest BCUT2D eigenvalue weighted by atomic mass is 35.5. The molecule has 0 saturated carbocycles. The number of rotatable bonds is 5. The van der Waals surface area contributed by atoms with Crippen LogP contribution < -0.4 is 0 Å². The molecule has 0 N–H and O–H groups in total. The van der Waals surface area contributed by atoms with E-state index in [-0.39, 0.29) is 17.6 Å². The first-order valence-corrected chi connectivity index (χ1v) is 6.12. The number of hydrogen-bond donors (Lipinski definition) is 0. The summed E-state index contributed by atoms with van der Waals surface area (Å²) in [6.07, 6.45) is 0. The molecule has 0 bridgehead atoms. The Labute approximate surface area is 110 Å². The smallest absolute Gasteiger partial charge is 0.269 e. The summed E-state index contributed by atoms with van der Waals surface area (Å²) in [6.45, 7) is 4.25. The van der Waals surface area contributed by atoms with Crippen molar-refractivity contribution in [2.45, 2.75) is 19.9 Å². The van der Waals surface area contributed by atoms with Gasteiger partial charge in [0.05, 0.1) is 4.92 Å². The van der Waals surface area contributed by atoms with E-state index in [0.29, 0.717) is 18.0 Å². The molecule has 1 amide bonds. The van der Waals surface area contributed by atoms with Crippen molar-refractivity contribution in [2.24, 2.45) is 0 Å². The first-order chi connectivity index (χ1) is 8.47. The fourth-order valence-corrected chi connectivity index (χ4v) is 1.76. The van der Waals surface area contributed by atoms with Gasteiger partial charge in [-0.25, -0.2) is 0 Å². The van der Waals surface area contributed by atoms with Crippen molar-refractivity contribution >= 4 is 23.2 Å². The minimum Gasteiger partial charge on any atom is -0.335 e. The number of amides is 1. The fraction of sp³-hybridized carbons (Fsp3) is 0.417. The quantitative estimate of drug-likeness (QED) is 0.469. The number of nitro groups is 1. The van der Waals surface area contributed by atoms with E-state index in [1.165, 1.54) is 24.3 Å². The maximum absolute atomic E-state index is 12.2. The molecule has 18 heavy (non-hydrogen) atoms. The van der Waals surface area contributed by atoms with Crippen molar-refractivity contribution in [3.8, 4) is 0 Å². The maximum Gasteiger partial charge on any atom is 0.269 e. The molecule has 0 aliphatic heterocycles. The Balaban J connectivity index is 2.91. The number of benzene rings is 1. The molecule has 0 aliphatic rings. The molecule has 0 aliphatic carbocycles. The number of hydrogen-bond acceptors (Lipinski definition) is 3. The zero-order valence-electron chi connectivity index (χ0n) is 10.3. The van der Waals surface area contributed by atoms with Gasteiger partial charge >= 0.3 is 0 Å². The molecule has 5 nitrogen and oxygen atoms in total. The Kier molecular flexibility index (Phi) is 5.09. The number of carbonyl (C=O) groups is 1. The third-order valence-electron chi connectivity index (χ3n) is 2.53. The Morgan fingerprint density at radius 2 is 1.94 bits per heavy atom. The Morgan fingerprint density at radius 1 is 1.39 bits per heavy atom. The van der Waals surface area contributed by atoms with Crippen LogP contribution in [0.3, 0.4) is 0 Å². The predicted molar refractivity (Wildman–Crippen MR) is 70.0 cm³/mol. The molecular formula is C12H15ClN2O3. The van der Waals surface area contributed by atoms with Crippen LogP contribution in [-0.4, -0.2) is 34.2 Å². The second-order valence-corrected chi connectivity index (χ2v) is 4.46. The van der Waals surface area contributed by atoms with E-state index in [1.807, 2.05) is 13.8 Å². The molecule has 1 aromatic rings. The van der Waals surface area contributed by atoms with Gasteiger partial charge in [-0.15, -0.1) is 11.6 Å². The number of carbonyl (C=O) groups excluding carboxylic acids is 1. The van der Waals surface area contributed by atoms with Gasteiger partial charge in [-0.05, 0) is 26.0 Å². The average Bonchev–Trinajstić information content (AvgIpc) is 2.35. The monoisotopic (exact) mass is 270 g/mol. The zero-order valence-corrected chi connectivity index (χ0v) is 11.1. The van der Waals surface area contributed by atoms with Crippen molar-refractivity contribution < 1.29 is 9.72 Å². The lowest BCUT2D eigenvalue weighted by Gasteiger charge is -2.25. The van der Waals surface area contributed by atoms with Gasteiger partial charge in [-0.1, -0.05) is 0 Å². The van der Waals surface area contributed by atoms with Crippen LogP contribution in [0.1, 0.15) is 24.2 Å². The van der Waals surface area contributed by atoms with Crippen LogP contribution in [0.2, 0.25) is 0 Å². The molecule has 0 spiro atoms. The van der Waals surface area contributed by atoms with Gasteiger partial charge in [-0.3, -0.25) is 14.9 Å². The van der Waals surface area contributed by atoms with Crippen LogP contribution in [0.25, 0.3) is 0 Å². The van der Waals surface area contributed by atoms with Crippen LogP contribution in [0.15, 0.2) is 24.3 Å². The topological polar surface area (TPSA) is 63.5 Å². The molecule has 0 unspecified atom stereocenters. The molecule has 0 radical (unpaired) electrons. The van der Waals surface area contributed by atoms with Crippen molar-refractivity contribution in [3.05, 3.63) is 39.9 Å². The van der Waals surface area contributed by atoms with Gasteiger partial charge in [0, 0.05) is 36.2 Å². The molecule has 98 valence electrons. The lowest BCUT2D eigenvalue weighted by atomic mass is 10.1. The van der Waals surface area contributed by atoms with E-state index in [1.54, 1.807) is 4.90 Å². The van der Waals surface area contributed by atoms with Crippen molar-refractivity contribution in [2.75, 3.05) is 12.4 Å². The standard InChI is InChI=1S/C12H15ClN2O3/c1-9(2)14(8-7-13)12(16)10-3-5-11(6-4-10)15(17)18/h3-6,9H,7-8H2,1-2H3. The Morgan fingerprint density at radius 3 is 2.33 bits per heavy atom. The summed E-state index contributed by atoms with van der Waals surface area (Å²) in [7, 11) is 0. The zero-order chi connectivity index (χ0) is 13.7. The summed E-state index contributed by atoms with van der Waals surface area (Å²) in [5.41, 5.74) is 0.402. The molecular weight excluding hydrogens is 256 g/mol. The summed E-state index contributed by atoms with van der Waals surface area (Å²) in [5, 5.41) is 10.5. The summed E-state index contributed by atoms with van der Waals surface area (Å²) < 4.78 is 0. The molecule has 1 rings (SSSR count). The van der Waals surface area contributed by atoms with Crippen LogP contribution >= 0.6 is 11.6 Å². The Bertz CT molecular complexity index is 431. The normalized spacial score (nSPS) is 10.4. The molecule has 0 atom stereocenters. The van der Waals surface area contributed by atoms with Gasteiger partial charge in [0.1, 0.15) is 0 Å². The molecule has 6 heteroatoms. The number of alkyl halides is 1. The Hall–Kier alpha value is -1.62. The lowest BCUT2D eigenvalue weighted by Crippen LogP contribution is -2.38. The molecule has 0 aromatic heterocycles. The third-order valence-corrected chi connectivity index (χ3v) is 2.70. The predicted octanol–water partition coefficient (Wildman–Crippen LogP) is 2.68. The minimum absolute atomic E-state index is 0.0278. The van der Waals surface area contributed by atoms with Crippen LogP contribution in [-0.2, 0) is 0 Å². The number of nitro benzene ring substituents is 1. The lowest BCUT2D eigenvalue weighted by molar-refractivity contribution is -0.384. The fourth-order valence-electron chi connectivity index (χ4n) is 1.58. The van der Waals surface area contributed by atoms with Crippen molar-refractivity contribution in [1.82, 2.24) is 4.90 Å². The van der Waals surface area contributed by atoms with Crippen molar-refractivity contribution in [1.29, 1.82) is 0 Å². The average molecular weight is 271 g/mol. The van der Waals surface area contributed by atoms with E-state index < -0.39 is 4.92 Å².